The van der Waals surface area contributed by atoms with Crippen molar-refractivity contribution in [2.24, 2.45) is 7.05 Å². The van der Waals surface area contributed by atoms with Gasteiger partial charge in [0.25, 0.3) is 0 Å². The van der Waals surface area contributed by atoms with E-state index in [9.17, 15) is 18.3 Å². The number of fused-ring (bicyclic) bond motifs is 3. The van der Waals surface area contributed by atoms with Crippen LogP contribution in [0.3, 0.4) is 0 Å². The van der Waals surface area contributed by atoms with E-state index in [0.717, 1.165) is 16.7 Å². The second-order valence-electron chi connectivity index (χ2n) is 7.16. The molecular formula is C21H19F3N2O. The smallest absolute Gasteiger partial charge is 0.372 e. The van der Waals surface area contributed by atoms with E-state index in [0.29, 0.717) is 22.3 Å². The van der Waals surface area contributed by atoms with Crippen molar-refractivity contribution < 1.29 is 18.3 Å². The van der Waals surface area contributed by atoms with E-state index < -0.39 is 11.8 Å². The Hall–Kier alpha value is -2.60. The molecule has 2 aromatic carbocycles. The minimum atomic E-state index is -4.84. The molecule has 1 aliphatic carbocycles. The molecule has 3 nitrogen and oxygen atoms in total. The van der Waals surface area contributed by atoms with Crippen LogP contribution in [0.5, 0.6) is 0 Å². The van der Waals surface area contributed by atoms with Gasteiger partial charge in [-0.2, -0.15) is 18.3 Å². The number of aryl methyl sites for hydroxylation is 1. The highest BCUT2D eigenvalue weighted by Gasteiger charge is 2.62. The second kappa shape index (κ2) is 5.45. The van der Waals surface area contributed by atoms with Gasteiger partial charge in [0.05, 0.1) is 6.20 Å². The number of aromatic nitrogens is 2. The Labute approximate surface area is 155 Å². The predicted octanol–water partition coefficient (Wildman–Crippen LogP) is 4.79. The van der Waals surface area contributed by atoms with Gasteiger partial charge in [-0.05, 0) is 54.2 Å². The number of rotatable bonds is 1. The SMILES string of the molecule is Cc1c(C)c(-c2cnn(C)c2)c2c(c1C)[C@@](O)(C(F)(F)F)c1ccccc1-2. The lowest BCUT2D eigenvalue weighted by Crippen LogP contribution is -2.42. The Balaban J connectivity index is 2.24. The molecule has 0 spiro atoms. The van der Waals surface area contributed by atoms with Gasteiger partial charge in [0, 0.05) is 29.9 Å². The summed E-state index contributed by atoms with van der Waals surface area (Å²) in [6.45, 7) is 5.35. The van der Waals surface area contributed by atoms with Crippen LogP contribution >= 0.6 is 0 Å². The molecule has 0 radical (unpaired) electrons. The maximum Gasteiger partial charge on any atom is 0.425 e. The van der Waals surface area contributed by atoms with E-state index in [2.05, 4.69) is 5.10 Å². The second-order valence-corrected chi connectivity index (χ2v) is 7.16. The summed E-state index contributed by atoms with van der Waals surface area (Å²) in [5, 5.41) is 15.2. The Morgan fingerprint density at radius 3 is 2.26 bits per heavy atom. The van der Waals surface area contributed by atoms with Crippen LogP contribution in [0, 0.1) is 20.8 Å². The van der Waals surface area contributed by atoms with Crippen molar-refractivity contribution in [1.29, 1.82) is 0 Å². The normalized spacial score (nSPS) is 18.5. The predicted molar refractivity (Wildman–Crippen MR) is 97.3 cm³/mol. The third-order valence-electron chi connectivity index (χ3n) is 5.73. The first-order chi connectivity index (χ1) is 12.6. The monoisotopic (exact) mass is 372 g/mol. The first-order valence-corrected chi connectivity index (χ1v) is 8.61. The molecule has 0 amide bonds. The lowest BCUT2D eigenvalue weighted by molar-refractivity contribution is -0.246. The highest BCUT2D eigenvalue weighted by molar-refractivity contribution is 5.95. The topological polar surface area (TPSA) is 38.0 Å². The van der Waals surface area contributed by atoms with Gasteiger partial charge < -0.3 is 5.11 Å². The van der Waals surface area contributed by atoms with Crippen LogP contribution in [0.25, 0.3) is 22.3 Å². The average molecular weight is 372 g/mol. The van der Waals surface area contributed by atoms with Crippen molar-refractivity contribution in [2.45, 2.75) is 32.5 Å². The zero-order chi connectivity index (χ0) is 19.7. The molecule has 6 heteroatoms. The molecule has 0 unspecified atom stereocenters. The Kier molecular flexibility index (Phi) is 3.59. The van der Waals surface area contributed by atoms with Gasteiger partial charge in [0.15, 0.2) is 0 Å². The van der Waals surface area contributed by atoms with Crippen LogP contribution in [0.2, 0.25) is 0 Å². The minimum Gasteiger partial charge on any atom is -0.372 e. The van der Waals surface area contributed by atoms with Crippen molar-refractivity contribution in [1.82, 2.24) is 9.78 Å². The van der Waals surface area contributed by atoms with E-state index in [1.807, 2.05) is 6.92 Å². The highest BCUT2D eigenvalue weighted by atomic mass is 19.4. The molecule has 1 heterocycles. The summed E-state index contributed by atoms with van der Waals surface area (Å²) in [5.74, 6) is 0. The van der Waals surface area contributed by atoms with Crippen LogP contribution in [0.1, 0.15) is 27.8 Å². The van der Waals surface area contributed by atoms with Crippen LogP contribution < -0.4 is 0 Å². The van der Waals surface area contributed by atoms with Crippen molar-refractivity contribution in [2.75, 3.05) is 0 Å². The van der Waals surface area contributed by atoms with Crippen molar-refractivity contribution >= 4 is 0 Å². The summed E-state index contributed by atoms with van der Waals surface area (Å²) in [6, 6.07) is 6.23. The number of alkyl halides is 3. The fraction of sp³-hybridized carbons (Fsp3) is 0.286. The van der Waals surface area contributed by atoms with Gasteiger partial charge in [0.1, 0.15) is 0 Å². The summed E-state index contributed by atoms with van der Waals surface area (Å²) in [6.07, 6.45) is -1.41. The van der Waals surface area contributed by atoms with E-state index in [1.54, 1.807) is 50.1 Å². The summed E-state index contributed by atoms with van der Waals surface area (Å²) < 4.78 is 44.2. The molecule has 0 saturated carbocycles. The average Bonchev–Trinajstić information content (AvgIpc) is 3.14. The molecule has 0 aliphatic heterocycles. The zero-order valence-corrected chi connectivity index (χ0v) is 15.4. The van der Waals surface area contributed by atoms with Crippen LogP contribution in [-0.2, 0) is 12.6 Å². The minimum absolute atomic E-state index is 0.0712. The Morgan fingerprint density at radius 1 is 1.00 bits per heavy atom. The molecule has 1 aliphatic rings. The van der Waals surface area contributed by atoms with Crippen LogP contribution in [0.15, 0.2) is 36.7 Å². The number of halogens is 3. The Morgan fingerprint density at radius 2 is 1.67 bits per heavy atom. The number of benzene rings is 2. The molecule has 0 saturated heterocycles. The fourth-order valence-electron chi connectivity index (χ4n) is 4.23. The molecule has 0 fully saturated rings. The van der Waals surface area contributed by atoms with Gasteiger partial charge in [-0.1, -0.05) is 24.3 Å². The molecule has 1 N–H and O–H groups in total. The Bertz CT molecular complexity index is 1080. The van der Waals surface area contributed by atoms with Gasteiger partial charge >= 0.3 is 6.18 Å². The number of hydrogen-bond acceptors (Lipinski definition) is 2. The molecule has 1 atom stereocenters. The van der Waals surface area contributed by atoms with Crippen LogP contribution in [0.4, 0.5) is 13.2 Å². The van der Waals surface area contributed by atoms with E-state index in [4.69, 9.17) is 0 Å². The maximum absolute atomic E-state index is 14.2. The summed E-state index contributed by atoms with van der Waals surface area (Å²) in [7, 11) is 1.76. The zero-order valence-electron chi connectivity index (χ0n) is 15.4. The molecule has 0 bridgehead atoms. The number of nitrogens with zero attached hydrogens (tertiary/aromatic N) is 2. The molecule has 27 heavy (non-hydrogen) atoms. The molecule has 3 aromatic rings. The first-order valence-electron chi connectivity index (χ1n) is 8.61. The van der Waals surface area contributed by atoms with Crippen LogP contribution in [-0.4, -0.2) is 21.1 Å². The largest absolute Gasteiger partial charge is 0.425 e. The van der Waals surface area contributed by atoms with E-state index in [-0.39, 0.29) is 11.1 Å². The molecule has 1 aromatic heterocycles. The van der Waals surface area contributed by atoms with Gasteiger partial charge in [0.2, 0.25) is 5.60 Å². The maximum atomic E-state index is 14.2. The van der Waals surface area contributed by atoms with Crippen molar-refractivity contribution in [3.8, 4) is 22.3 Å². The molecule has 140 valence electrons. The fourth-order valence-corrected chi connectivity index (χ4v) is 4.23. The number of aliphatic hydroxyl groups is 1. The van der Waals surface area contributed by atoms with E-state index in [1.165, 1.54) is 12.1 Å². The standard InChI is InChI=1S/C21H19F3N2O/c1-11-12(2)17(14-9-25-26(4)10-14)18-15-7-5-6-8-16(15)20(27,21(22,23)24)19(18)13(11)3/h5-10,27H,1-4H3/t20-/m1/s1. The summed E-state index contributed by atoms with van der Waals surface area (Å²) >= 11 is 0. The highest BCUT2D eigenvalue weighted by Crippen LogP contribution is 2.59. The number of hydrogen-bond donors (Lipinski definition) is 1. The van der Waals surface area contributed by atoms with E-state index >= 15 is 0 Å². The van der Waals surface area contributed by atoms with Crippen molar-refractivity contribution in [3.63, 3.8) is 0 Å². The first kappa shape index (κ1) is 17.8. The van der Waals surface area contributed by atoms with Gasteiger partial charge in [-0.25, -0.2) is 0 Å². The molecular weight excluding hydrogens is 353 g/mol. The van der Waals surface area contributed by atoms with Gasteiger partial charge in [-0.15, -0.1) is 0 Å². The van der Waals surface area contributed by atoms with Crippen molar-refractivity contribution in [3.05, 3.63) is 64.5 Å². The third-order valence-corrected chi connectivity index (χ3v) is 5.73. The molecule has 4 rings (SSSR count). The third kappa shape index (κ3) is 2.16. The summed E-state index contributed by atoms with van der Waals surface area (Å²) in [5.41, 5.74) is 1.15. The lowest BCUT2D eigenvalue weighted by Gasteiger charge is -2.31. The summed E-state index contributed by atoms with van der Waals surface area (Å²) in [4.78, 5) is 0. The quantitative estimate of drug-likeness (QED) is 0.667. The lowest BCUT2D eigenvalue weighted by atomic mass is 9.82. The van der Waals surface area contributed by atoms with Gasteiger partial charge in [-0.3, -0.25) is 4.68 Å².